The van der Waals surface area contributed by atoms with E-state index in [1.54, 1.807) is 11.8 Å². The van der Waals surface area contributed by atoms with Gasteiger partial charge in [-0.25, -0.2) is 0 Å². The Kier molecular flexibility index (Phi) is 7.89. The van der Waals surface area contributed by atoms with Crippen LogP contribution in [0.1, 0.15) is 20.3 Å². The first-order valence-electron chi connectivity index (χ1n) is 6.44. The second kappa shape index (κ2) is 9.25. The molecule has 0 radical (unpaired) electrons. The van der Waals surface area contributed by atoms with Crippen LogP contribution in [0.15, 0.2) is 29.2 Å². The zero-order valence-corrected chi connectivity index (χ0v) is 12.0. The molecule has 18 heavy (non-hydrogen) atoms. The average molecular weight is 269 g/mol. The molecule has 0 saturated carbocycles. The summed E-state index contributed by atoms with van der Waals surface area (Å²) in [6, 6.07) is 8.71. The zero-order chi connectivity index (χ0) is 13.2. The predicted octanol–water partition coefficient (Wildman–Crippen LogP) is 3.00. The molecule has 0 amide bonds. The average Bonchev–Trinajstić information content (AvgIpc) is 2.39. The highest BCUT2D eigenvalue weighted by Crippen LogP contribution is 2.21. The van der Waals surface area contributed by atoms with Gasteiger partial charge in [0.15, 0.2) is 0 Å². The Labute approximate surface area is 114 Å². The molecule has 102 valence electrons. The predicted molar refractivity (Wildman–Crippen MR) is 78.4 cm³/mol. The van der Waals surface area contributed by atoms with E-state index < -0.39 is 0 Å². The fourth-order valence-electron chi connectivity index (χ4n) is 1.52. The second-order valence-electron chi connectivity index (χ2n) is 4.15. The maximum atomic E-state index is 8.72. The van der Waals surface area contributed by atoms with Crippen molar-refractivity contribution >= 4 is 17.4 Å². The number of aliphatic hydroxyl groups excluding tert-OH is 1. The van der Waals surface area contributed by atoms with Crippen molar-refractivity contribution < 1.29 is 9.84 Å². The number of ether oxygens (including phenoxy) is 1. The highest BCUT2D eigenvalue weighted by Gasteiger charge is 2.01. The molecular formula is C14H23NO2S. The van der Waals surface area contributed by atoms with E-state index in [9.17, 15) is 0 Å². The van der Waals surface area contributed by atoms with Crippen LogP contribution in [0.4, 0.5) is 5.69 Å². The molecule has 0 saturated heterocycles. The second-order valence-corrected chi connectivity index (χ2v) is 5.32. The van der Waals surface area contributed by atoms with Gasteiger partial charge in [0.25, 0.3) is 0 Å². The van der Waals surface area contributed by atoms with Crippen molar-refractivity contribution in [3.05, 3.63) is 24.3 Å². The lowest BCUT2D eigenvalue weighted by Crippen LogP contribution is -2.21. The molecule has 3 nitrogen and oxygen atoms in total. The van der Waals surface area contributed by atoms with Gasteiger partial charge in [0.2, 0.25) is 0 Å². The number of anilines is 1. The van der Waals surface area contributed by atoms with Gasteiger partial charge in [0, 0.05) is 35.6 Å². The smallest absolute Gasteiger partial charge is 0.0664 e. The molecule has 1 rings (SSSR count). The van der Waals surface area contributed by atoms with E-state index in [0.717, 1.165) is 31.1 Å². The van der Waals surface area contributed by atoms with Gasteiger partial charge in [0.05, 0.1) is 6.61 Å². The lowest BCUT2D eigenvalue weighted by atomic mass is 10.3. The first kappa shape index (κ1) is 15.3. The van der Waals surface area contributed by atoms with E-state index in [1.807, 2.05) is 6.92 Å². The maximum Gasteiger partial charge on any atom is 0.0664 e. The van der Waals surface area contributed by atoms with Gasteiger partial charge in [-0.05, 0) is 44.5 Å². The van der Waals surface area contributed by atoms with Crippen molar-refractivity contribution in [2.24, 2.45) is 0 Å². The topological polar surface area (TPSA) is 41.5 Å². The third-order valence-corrected chi connectivity index (χ3v) is 3.51. The molecule has 1 atom stereocenters. The van der Waals surface area contributed by atoms with Gasteiger partial charge in [-0.3, -0.25) is 0 Å². The Morgan fingerprint density at radius 3 is 2.67 bits per heavy atom. The normalized spacial score (nSPS) is 12.4. The standard InChI is InChI=1S/C14H23NO2S/c1-3-17-11-12(2)15-13-5-7-14(8-6-13)18-10-4-9-16/h5-8,12,15-16H,3-4,9-11H2,1-2H3. The summed E-state index contributed by atoms with van der Waals surface area (Å²) in [7, 11) is 0. The molecule has 0 aromatic heterocycles. The van der Waals surface area contributed by atoms with Crippen LogP contribution in [0.2, 0.25) is 0 Å². The van der Waals surface area contributed by atoms with Crippen LogP contribution in [0.5, 0.6) is 0 Å². The van der Waals surface area contributed by atoms with Gasteiger partial charge >= 0.3 is 0 Å². The summed E-state index contributed by atoms with van der Waals surface area (Å²) in [5, 5.41) is 12.1. The van der Waals surface area contributed by atoms with E-state index in [0.29, 0.717) is 6.04 Å². The molecule has 4 heteroatoms. The SMILES string of the molecule is CCOCC(C)Nc1ccc(SCCCO)cc1. The molecule has 0 aliphatic heterocycles. The molecule has 1 aromatic carbocycles. The van der Waals surface area contributed by atoms with Crippen molar-refractivity contribution in [1.82, 2.24) is 0 Å². The maximum absolute atomic E-state index is 8.72. The Balaban J connectivity index is 2.35. The molecule has 0 fully saturated rings. The van der Waals surface area contributed by atoms with E-state index in [2.05, 4.69) is 36.5 Å². The lowest BCUT2D eigenvalue weighted by Gasteiger charge is -2.15. The Morgan fingerprint density at radius 2 is 2.06 bits per heavy atom. The number of benzene rings is 1. The van der Waals surface area contributed by atoms with E-state index in [1.165, 1.54) is 4.90 Å². The summed E-state index contributed by atoms with van der Waals surface area (Å²) < 4.78 is 5.37. The van der Waals surface area contributed by atoms with Crippen LogP contribution < -0.4 is 5.32 Å². The minimum Gasteiger partial charge on any atom is -0.396 e. The third-order valence-electron chi connectivity index (χ3n) is 2.41. The molecular weight excluding hydrogens is 246 g/mol. The number of hydrogen-bond acceptors (Lipinski definition) is 4. The van der Waals surface area contributed by atoms with Crippen molar-refractivity contribution in [2.75, 3.05) is 30.9 Å². The van der Waals surface area contributed by atoms with Crippen LogP contribution in [0.3, 0.4) is 0 Å². The van der Waals surface area contributed by atoms with E-state index in [4.69, 9.17) is 9.84 Å². The highest BCUT2D eigenvalue weighted by molar-refractivity contribution is 7.99. The van der Waals surface area contributed by atoms with Gasteiger partial charge in [-0.2, -0.15) is 0 Å². The largest absolute Gasteiger partial charge is 0.396 e. The van der Waals surface area contributed by atoms with Gasteiger partial charge in [-0.1, -0.05) is 0 Å². The number of nitrogens with one attached hydrogen (secondary N) is 1. The molecule has 0 bridgehead atoms. The van der Waals surface area contributed by atoms with Crippen LogP contribution in [-0.2, 0) is 4.74 Å². The molecule has 2 N–H and O–H groups in total. The van der Waals surface area contributed by atoms with Gasteiger partial charge in [-0.15, -0.1) is 11.8 Å². The highest BCUT2D eigenvalue weighted by atomic mass is 32.2. The quantitative estimate of drug-likeness (QED) is 0.534. The first-order valence-corrected chi connectivity index (χ1v) is 7.42. The number of hydrogen-bond donors (Lipinski definition) is 2. The van der Waals surface area contributed by atoms with Crippen LogP contribution in [0, 0.1) is 0 Å². The lowest BCUT2D eigenvalue weighted by molar-refractivity contribution is 0.141. The monoisotopic (exact) mass is 269 g/mol. The van der Waals surface area contributed by atoms with Crippen molar-refractivity contribution in [1.29, 1.82) is 0 Å². The molecule has 0 aliphatic rings. The fraction of sp³-hybridized carbons (Fsp3) is 0.571. The fourth-order valence-corrected chi connectivity index (χ4v) is 2.36. The summed E-state index contributed by atoms with van der Waals surface area (Å²) in [5.74, 6) is 0.962. The number of aliphatic hydroxyl groups is 1. The number of rotatable bonds is 9. The third kappa shape index (κ3) is 6.28. The van der Waals surface area contributed by atoms with Gasteiger partial charge in [0.1, 0.15) is 0 Å². The van der Waals surface area contributed by atoms with E-state index >= 15 is 0 Å². The number of thioether (sulfide) groups is 1. The van der Waals surface area contributed by atoms with Crippen LogP contribution >= 0.6 is 11.8 Å². The minimum atomic E-state index is 0.265. The van der Waals surface area contributed by atoms with Crippen LogP contribution in [0.25, 0.3) is 0 Å². The molecule has 0 spiro atoms. The summed E-state index contributed by atoms with van der Waals surface area (Å²) >= 11 is 1.77. The van der Waals surface area contributed by atoms with Crippen LogP contribution in [-0.4, -0.2) is 36.7 Å². The van der Waals surface area contributed by atoms with Gasteiger partial charge < -0.3 is 15.2 Å². The van der Waals surface area contributed by atoms with Crippen molar-refractivity contribution in [3.8, 4) is 0 Å². The summed E-state index contributed by atoms with van der Waals surface area (Å²) in [6.45, 7) is 5.86. The zero-order valence-electron chi connectivity index (χ0n) is 11.2. The van der Waals surface area contributed by atoms with E-state index in [-0.39, 0.29) is 6.61 Å². The molecule has 1 unspecified atom stereocenters. The summed E-state index contributed by atoms with van der Waals surface area (Å²) in [5.41, 5.74) is 1.12. The van der Waals surface area contributed by atoms with Crippen molar-refractivity contribution in [2.45, 2.75) is 31.2 Å². The minimum absolute atomic E-state index is 0.265. The van der Waals surface area contributed by atoms with Crippen molar-refractivity contribution in [3.63, 3.8) is 0 Å². The Morgan fingerprint density at radius 1 is 1.33 bits per heavy atom. The summed E-state index contributed by atoms with van der Waals surface area (Å²) in [4.78, 5) is 1.24. The molecule has 0 heterocycles. The molecule has 0 aliphatic carbocycles. The summed E-state index contributed by atoms with van der Waals surface area (Å²) in [6.07, 6.45) is 0.843. The Bertz CT molecular complexity index is 316. The molecule has 1 aromatic rings. The first-order chi connectivity index (χ1) is 8.76. The Hall–Kier alpha value is -0.710.